The van der Waals surface area contributed by atoms with Crippen molar-refractivity contribution in [2.75, 3.05) is 0 Å². The molecule has 1 saturated carbocycles. The van der Waals surface area contributed by atoms with E-state index in [4.69, 9.17) is 10.7 Å². The van der Waals surface area contributed by atoms with Crippen LogP contribution in [-0.4, -0.2) is 36.0 Å². The number of benzene rings is 1. The van der Waals surface area contributed by atoms with Crippen LogP contribution in [0.4, 0.5) is 0 Å². The van der Waals surface area contributed by atoms with Crippen molar-refractivity contribution < 1.29 is 0 Å². The third-order valence-corrected chi connectivity index (χ3v) is 5.44. The summed E-state index contributed by atoms with van der Waals surface area (Å²) in [5.74, 6) is 1.47. The average Bonchev–Trinajstić information content (AvgIpc) is 3.13. The predicted octanol–water partition coefficient (Wildman–Crippen LogP) is 2.82. The van der Waals surface area contributed by atoms with Gasteiger partial charge in [0.1, 0.15) is 5.82 Å². The lowest BCUT2D eigenvalue weighted by molar-refractivity contribution is 0.321. The molecule has 0 unspecified atom stereocenters. The van der Waals surface area contributed by atoms with Crippen molar-refractivity contribution in [2.45, 2.75) is 38.1 Å². The minimum Gasteiger partial charge on any atom is -0.328 e. The van der Waals surface area contributed by atoms with E-state index < -0.39 is 0 Å². The maximum absolute atomic E-state index is 6.02. The highest BCUT2D eigenvalue weighted by molar-refractivity contribution is 5.81. The summed E-state index contributed by atoms with van der Waals surface area (Å²) in [5.41, 5.74) is 9.35. The van der Waals surface area contributed by atoms with Crippen LogP contribution >= 0.6 is 0 Å². The summed E-state index contributed by atoms with van der Waals surface area (Å²) in [6.07, 6.45) is 8.95. The van der Waals surface area contributed by atoms with Gasteiger partial charge >= 0.3 is 0 Å². The van der Waals surface area contributed by atoms with Crippen LogP contribution in [0.3, 0.4) is 0 Å². The van der Waals surface area contributed by atoms with Gasteiger partial charge in [0.2, 0.25) is 0 Å². The molecule has 1 aliphatic carbocycles. The first-order valence-corrected chi connectivity index (χ1v) is 9.44. The molecule has 3 heterocycles. The zero-order valence-electron chi connectivity index (χ0n) is 15.0. The predicted molar refractivity (Wildman–Crippen MR) is 103 cm³/mol. The molecular weight excluding hydrogens is 338 g/mol. The molecule has 0 aliphatic heterocycles. The zero-order valence-corrected chi connectivity index (χ0v) is 15.0. The van der Waals surface area contributed by atoms with E-state index in [0.717, 1.165) is 60.2 Å². The highest BCUT2D eigenvalue weighted by Gasteiger charge is 2.20. The quantitative estimate of drug-likeness (QED) is 0.604. The average molecular weight is 359 g/mol. The van der Waals surface area contributed by atoms with Gasteiger partial charge in [-0.15, -0.1) is 5.10 Å². The summed E-state index contributed by atoms with van der Waals surface area (Å²) in [4.78, 5) is 13.7. The highest BCUT2D eigenvalue weighted by Crippen LogP contribution is 2.26. The normalized spacial score (nSPS) is 20.3. The van der Waals surface area contributed by atoms with E-state index in [2.05, 4.69) is 26.3 Å². The standard InChI is InChI=1S/C20H21N7/c21-15-5-3-13(4-6-15)10-19-23-12-18-20(24-19)27(26-25-18)16-7-8-17-14(11-16)2-1-9-22-17/h1-2,7-9,11-13,15H,3-6,10,21H2. The Bertz CT molecular complexity index is 1100. The number of hydrogen-bond donors (Lipinski definition) is 1. The number of aromatic nitrogens is 6. The van der Waals surface area contributed by atoms with E-state index in [9.17, 15) is 0 Å². The largest absolute Gasteiger partial charge is 0.328 e. The van der Waals surface area contributed by atoms with Gasteiger partial charge in [-0.3, -0.25) is 4.98 Å². The molecule has 0 bridgehead atoms. The Balaban J connectivity index is 1.49. The number of nitrogens with two attached hydrogens (primary N) is 1. The summed E-state index contributed by atoms with van der Waals surface area (Å²) in [5, 5.41) is 9.59. The van der Waals surface area contributed by atoms with Gasteiger partial charge in [-0.2, -0.15) is 4.68 Å². The van der Waals surface area contributed by atoms with Crippen molar-refractivity contribution in [2.24, 2.45) is 11.7 Å². The van der Waals surface area contributed by atoms with Gasteiger partial charge in [0, 0.05) is 24.0 Å². The lowest BCUT2D eigenvalue weighted by Crippen LogP contribution is -2.27. The number of fused-ring (bicyclic) bond motifs is 2. The molecule has 7 nitrogen and oxygen atoms in total. The second kappa shape index (κ2) is 6.66. The van der Waals surface area contributed by atoms with E-state index in [1.54, 1.807) is 17.1 Å². The van der Waals surface area contributed by atoms with Crippen molar-refractivity contribution in [3.63, 3.8) is 0 Å². The summed E-state index contributed by atoms with van der Waals surface area (Å²) >= 11 is 0. The van der Waals surface area contributed by atoms with Crippen LogP contribution in [0.15, 0.2) is 42.7 Å². The summed E-state index contributed by atoms with van der Waals surface area (Å²) in [6, 6.07) is 10.4. The van der Waals surface area contributed by atoms with Crippen molar-refractivity contribution >= 4 is 22.1 Å². The van der Waals surface area contributed by atoms with E-state index in [1.807, 2.05) is 24.3 Å². The molecule has 2 N–H and O–H groups in total. The molecule has 1 aliphatic rings. The maximum atomic E-state index is 6.02. The van der Waals surface area contributed by atoms with Gasteiger partial charge < -0.3 is 5.73 Å². The smallest absolute Gasteiger partial charge is 0.187 e. The number of rotatable bonds is 3. The highest BCUT2D eigenvalue weighted by atomic mass is 15.4. The van der Waals surface area contributed by atoms with Crippen LogP contribution in [0, 0.1) is 5.92 Å². The van der Waals surface area contributed by atoms with Crippen LogP contribution in [-0.2, 0) is 6.42 Å². The minimum absolute atomic E-state index is 0.359. The molecule has 3 aromatic heterocycles. The first-order valence-electron chi connectivity index (χ1n) is 9.44. The number of hydrogen-bond acceptors (Lipinski definition) is 6. The molecule has 1 fully saturated rings. The molecule has 0 atom stereocenters. The van der Waals surface area contributed by atoms with Gasteiger partial charge in [-0.1, -0.05) is 11.3 Å². The zero-order chi connectivity index (χ0) is 18.2. The van der Waals surface area contributed by atoms with E-state index in [-0.39, 0.29) is 0 Å². The molecule has 1 aromatic carbocycles. The molecule has 0 radical (unpaired) electrons. The molecule has 0 amide bonds. The Kier molecular flexibility index (Phi) is 4.01. The second-order valence-electron chi connectivity index (χ2n) is 7.36. The Morgan fingerprint density at radius 2 is 1.93 bits per heavy atom. The van der Waals surface area contributed by atoms with Gasteiger partial charge in [-0.25, -0.2) is 9.97 Å². The van der Waals surface area contributed by atoms with Crippen molar-refractivity contribution in [3.05, 3.63) is 48.5 Å². The Hall–Kier alpha value is -2.93. The lowest BCUT2D eigenvalue weighted by Gasteiger charge is -2.25. The van der Waals surface area contributed by atoms with E-state index in [0.29, 0.717) is 17.5 Å². The molecule has 27 heavy (non-hydrogen) atoms. The molecule has 136 valence electrons. The fourth-order valence-electron chi connectivity index (χ4n) is 3.88. The molecule has 5 rings (SSSR count). The topological polar surface area (TPSA) is 95.4 Å². The summed E-state index contributed by atoms with van der Waals surface area (Å²) in [7, 11) is 0. The monoisotopic (exact) mass is 359 g/mol. The van der Waals surface area contributed by atoms with Crippen LogP contribution < -0.4 is 5.73 Å². The van der Waals surface area contributed by atoms with Crippen LogP contribution in [0.5, 0.6) is 0 Å². The summed E-state index contributed by atoms with van der Waals surface area (Å²) in [6.45, 7) is 0. The Morgan fingerprint density at radius 3 is 2.81 bits per heavy atom. The molecular formula is C20H21N7. The SMILES string of the molecule is NC1CCC(Cc2ncc3nnn(-c4ccc5ncccc5c4)c3n2)CC1. The Labute approximate surface area is 156 Å². The third kappa shape index (κ3) is 3.14. The van der Waals surface area contributed by atoms with Crippen molar-refractivity contribution in [1.29, 1.82) is 0 Å². The third-order valence-electron chi connectivity index (χ3n) is 5.44. The number of pyridine rings is 1. The Morgan fingerprint density at radius 1 is 1.04 bits per heavy atom. The van der Waals surface area contributed by atoms with Crippen molar-refractivity contribution in [3.8, 4) is 5.69 Å². The van der Waals surface area contributed by atoms with Crippen LogP contribution in [0.2, 0.25) is 0 Å². The van der Waals surface area contributed by atoms with Crippen LogP contribution in [0.25, 0.3) is 27.8 Å². The van der Waals surface area contributed by atoms with Gasteiger partial charge in [0.25, 0.3) is 0 Å². The molecule has 7 heteroatoms. The minimum atomic E-state index is 0.359. The van der Waals surface area contributed by atoms with Gasteiger partial charge in [0.15, 0.2) is 11.2 Å². The van der Waals surface area contributed by atoms with Crippen molar-refractivity contribution in [1.82, 2.24) is 29.9 Å². The maximum Gasteiger partial charge on any atom is 0.187 e. The molecule has 4 aromatic rings. The first kappa shape index (κ1) is 16.3. The lowest BCUT2D eigenvalue weighted by atomic mass is 9.84. The fraction of sp³-hybridized carbons (Fsp3) is 0.350. The fourth-order valence-corrected chi connectivity index (χ4v) is 3.88. The second-order valence-corrected chi connectivity index (χ2v) is 7.36. The van der Waals surface area contributed by atoms with E-state index in [1.165, 1.54) is 0 Å². The number of nitrogens with zero attached hydrogens (tertiary/aromatic N) is 6. The van der Waals surface area contributed by atoms with Gasteiger partial charge in [-0.05, 0) is 55.9 Å². The summed E-state index contributed by atoms with van der Waals surface area (Å²) < 4.78 is 1.78. The molecule has 0 saturated heterocycles. The van der Waals surface area contributed by atoms with Crippen LogP contribution in [0.1, 0.15) is 31.5 Å². The first-order chi connectivity index (χ1) is 13.3. The van der Waals surface area contributed by atoms with E-state index >= 15 is 0 Å². The van der Waals surface area contributed by atoms with Gasteiger partial charge in [0.05, 0.1) is 17.4 Å². The molecule has 0 spiro atoms.